The van der Waals surface area contributed by atoms with Crippen LogP contribution in [-0.2, 0) is 0 Å². The van der Waals surface area contributed by atoms with Crippen molar-refractivity contribution in [3.05, 3.63) is 0 Å². The van der Waals surface area contributed by atoms with Gasteiger partial charge in [-0.2, -0.15) is 26.3 Å². The lowest BCUT2D eigenvalue weighted by Crippen LogP contribution is -2.42. The Morgan fingerprint density at radius 1 is 0.941 bits per heavy atom. The normalized spacial score (nSPS) is 18.9. The van der Waals surface area contributed by atoms with Crippen molar-refractivity contribution in [2.75, 3.05) is 0 Å². The van der Waals surface area contributed by atoms with Crippen molar-refractivity contribution in [2.24, 2.45) is 5.92 Å². The van der Waals surface area contributed by atoms with Gasteiger partial charge in [0, 0.05) is 6.42 Å². The van der Waals surface area contributed by atoms with Gasteiger partial charge in [0.1, 0.15) is 0 Å². The molecule has 0 N–H and O–H groups in total. The first kappa shape index (κ1) is 16.5. The van der Waals surface area contributed by atoms with Crippen LogP contribution in [0.25, 0.3) is 0 Å². The van der Waals surface area contributed by atoms with Crippen LogP contribution < -0.4 is 0 Å². The topological polar surface area (TPSA) is 0 Å². The molecule has 104 valence electrons. The van der Waals surface area contributed by atoms with E-state index in [1.165, 1.54) is 0 Å². The Hall–Kier alpha value is -0.490. The molecule has 0 spiro atoms. The number of alkyl halides is 7. The third kappa shape index (κ3) is 5.12. The first-order valence-corrected chi connectivity index (χ1v) is 5.24. The zero-order valence-corrected chi connectivity index (χ0v) is 9.55. The number of hydrogen-bond donors (Lipinski definition) is 0. The van der Waals surface area contributed by atoms with Gasteiger partial charge in [0.05, 0.1) is 5.92 Å². The molecule has 0 aliphatic rings. The zero-order valence-electron chi connectivity index (χ0n) is 9.55. The number of hydrogen-bond acceptors (Lipinski definition) is 0. The summed E-state index contributed by atoms with van der Waals surface area (Å²) in [5.41, 5.74) is -3.80. The molecule has 0 saturated carbocycles. The quantitative estimate of drug-likeness (QED) is 0.613. The van der Waals surface area contributed by atoms with E-state index in [0.717, 1.165) is 0 Å². The highest BCUT2D eigenvalue weighted by atomic mass is 19.4. The summed E-state index contributed by atoms with van der Waals surface area (Å²) in [4.78, 5) is 0. The summed E-state index contributed by atoms with van der Waals surface area (Å²) in [7, 11) is 0. The molecule has 0 amide bonds. The van der Waals surface area contributed by atoms with E-state index in [-0.39, 0.29) is 13.3 Å². The van der Waals surface area contributed by atoms with Crippen LogP contribution in [-0.4, -0.2) is 18.0 Å². The third-order valence-electron chi connectivity index (χ3n) is 2.59. The molecule has 0 rings (SSSR count). The molecule has 0 aromatic carbocycles. The summed E-state index contributed by atoms with van der Waals surface area (Å²) in [6.45, 7) is 1.77. The molecular weight excluding hydrogens is 253 g/mol. The minimum atomic E-state index is -5.28. The molecule has 0 aliphatic carbocycles. The fourth-order valence-corrected chi connectivity index (χ4v) is 1.41. The van der Waals surface area contributed by atoms with E-state index in [1.807, 2.05) is 0 Å². The van der Waals surface area contributed by atoms with Gasteiger partial charge in [0.2, 0.25) is 5.67 Å². The van der Waals surface area contributed by atoms with Crippen LogP contribution in [0.4, 0.5) is 30.7 Å². The fraction of sp³-hybridized carbons (Fsp3) is 1.00. The minimum absolute atomic E-state index is 0.123. The van der Waals surface area contributed by atoms with Crippen LogP contribution in [0.5, 0.6) is 0 Å². The molecule has 0 aromatic heterocycles. The highest BCUT2D eigenvalue weighted by molar-refractivity contribution is 4.87. The molecule has 0 fully saturated rings. The number of rotatable bonds is 5. The highest BCUT2D eigenvalue weighted by Crippen LogP contribution is 2.44. The predicted octanol–water partition coefficient (Wildman–Crippen LogP) is 5.04. The monoisotopic (exact) mass is 268 g/mol. The van der Waals surface area contributed by atoms with E-state index < -0.39 is 36.8 Å². The van der Waals surface area contributed by atoms with Crippen molar-refractivity contribution in [3.8, 4) is 0 Å². The van der Waals surface area contributed by atoms with Gasteiger partial charge in [0.15, 0.2) is 0 Å². The van der Waals surface area contributed by atoms with Crippen molar-refractivity contribution < 1.29 is 30.7 Å². The van der Waals surface area contributed by atoms with Crippen LogP contribution in [0.2, 0.25) is 0 Å². The Balaban J connectivity index is 4.75. The molecule has 2 atom stereocenters. The Labute approximate surface area is 95.2 Å². The molecular formula is C10H15F7. The molecule has 0 radical (unpaired) electrons. The van der Waals surface area contributed by atoms with Gasteiger partial charge in [0.25, 0.3) is 0 Å². The SMILES string of the molecule is CCCCC(CC(C)(F)C(F)(F)F)C(F)(F)F. The van der Waals surface area contributed by atoms with Gasteiger partial charge in [-0.05, 0) is 13.3 Å². The zero-order chi connectivity index (χ0) is 13.9. The summed E-state index contributed by atoms with van der Waals surface area (Å²) in [6.07, 6.45) is -11.6. The number of unbranched alkanes of at least 4 members (excludes halogenated alkanes) is 1. The van der Waals surface area contributed by atoms with E-state index in [2.05, 4.69) is 0 Å². The molecule has 0 saturated heterocycles. The standard InChI is InChI=1S/C10H15F7/c1-3-4-5-7(9(12,13)14)6-8(2,11)10(15,16)17/h7H,3-6H2,1-2H3. The molecule has 0 heterocycles. The van der Waals surface area contributed by atoms with Crippen molar-refractivity contribution in [2.45, 2.75) is 57.6 Å². The molecule has 7 heteroatoms. The maximum atomic E-state index is 13.2. The van der Waals surface area contributed by atoms with Gasteiger partial charge in [-0.3, -0.25) is 0 Å². The van der Waals surface area contributed by atoms with Crippen LogP contribution in [0.3, 0.4) is 0 Å². The Kier molecular flexibility index (Phi) is 5.28. The van der Waals surface area contributed by atoms with E-state index in [1.54, 1.807) is 6.92 Å². The molecule has 2 unspecified atom stereocenters. The van der Waals surface area contributed by atoms with Crippen LogP contribution in [0.1, 0.15) is 39.5 Å². The van der Waals surface area contributed by atoms with Gasteiger partial charge in [-0.1, -0.05) is 19.8 Å². The molecule has 0 aliphatic heterocycles. The lowest BCUT2D eigenvalue weighted by atomic mass is 9.88. The van der Waals surface area contributed by atoms with Crippen LogP contribution >= 0.6 is 0 Å². The highest BCUT2D eigenvalue weighted by Gasteiger charge is 2.56. The second kappa shape index (κ2) is 5.44. The van der Waals surface area contributed by atoms with E-state index in [4.69, 9.17) is 0 Å². The van der Waals surface area contributed by atoms with Crippen molar-refractivity contribution in [1.29, 1.82) is 0 Å². The maximum Gasteiger partial charge on any atom is 0.422 e. The van der Waals surface area contributed by atoms with E-state index >= 15 is 0 Å². The summed E-state index contributed by atoms with van der Waals surface area (Å²) in [5.74, 6) is -2.25. The molecule has 0 aromatic rings. The van der Waals surface area contributed by atoms with Crippen LogP contribution in [0, 0.1) is 5.92 Å². The first-order valence-electron chi connectivity index (χ1n) is 5.24. The lowest BCUT2D eigenvalue weighted by Gasteiger charge is -2.29. The third-order valence-corrected chi connectivity index (χ3v) is 2.59. The fourth-order valence-electron chi connectivity index (χ4n) is 1.41. The van der Waals surface area contributed by atoms with Gasteiger partial charge >= 0.3 is 12.4 Å². The Bertz CT molecular complexity index is 226. The second-order valence-corrected chi connectivity index (χ2v) is 4.28. The summed E-state index contributed by atoms with van der Waals surface area (Å²) in [6, 6.07) is 0. The van der Waals surface area contributed by atoms with E-state index in [9.17, 15) is 30.7 Å². The summed E-state index contributed by atoms with van der Waals surface area (Å²) < 4.78 is 86.9. The first-order chi connectivity index (χ1) is 7.42. The number of halogens is 7. The minimum Gasteiger partial charge on any atom is -0.234 e. The van der Waals surface area contributed by atoms with Gasteiger partial charge in [-0.25, -0.2) is 4.39 Å². The smallest absolute Gasteiger partial charge is 0.234 e. The summed E-state index contributed by atoms with van der Waals surface area (Å²) in [5, 5.41) is 0. The average molecular weight is 268 g/mol. The van der Waals surface area contributed by atoms with E-state index in [0.29, 0.717) is 6.42 Å². The Morgan fingerprint density at radius 3 is 1.71 bits per heavy atom. The van der Waals surface area contributed by atoms with Crippen molar-refractivity contribution in [1.82, 2.24) is 0 Å². The van der Waals surface area contributed by atoms with Gasteiger partial charge < -0.3 is 0 Å². The van der Waals surface area contributed by atoms with Crippen LogP contribution in [0.15, 0.2) is 0 Å². The molecule has 17 heavy (non-hydrogen) atoms. The average Bonchev–Trinajstić information content (AvgIpc) is 2.08. The second-order valence-electron chi connectivity index (χ2n) is 4.28. The van der Waals surface area contributed by atoms with Gasteiger partial charge in [-0.15, -0.1) is 0 Å². The molecule has 0 nitrogen and oxygen atoms in total. The lowest BCUT2D eigenvalue weighted by molar-refractivity contribution is -0.248. The van der Waals surface area contributed by atoms with Crippen molar-refractivity contribution in [3.63, 3.8) is 0 Å². The predicted molar refractivity (Wildman–Crippen MR) is 49.3 cm³/mol. The summed E-state index contributed by atoms with van der Waals surface area (Å²) >= 11 is 0. The maximum absolute atomic E-state index is 13.2. The molecule has 0 bridgehead atoms. The largest absolute Gasteiger partial charge is 0.422 e. The van der Waals surface area contributed by atoms with Crippen molar-refractivity contribution >= 4 is 0 Å². The Morgan fingerprint density at radius 2 is 1.41 bits per heavy atom.